The zero-order valence-electron chi connectivity index (χ0n) is 13.4. The summed E-state index contributed by atoms with van der Waals surface area (Å²) in [4.78, 5) is 12.4. The molecule has 8 heteroatoms. The molecule has 0 amide bonds. The van der Waals surface area contributed by atoms with Crippen LogP contribution in [0.1, 0.15) is 26.9 Å². The highest BCUT2D eigenvalue weighted by molar-refractivity contribution is 5.27. The maximum Gasteiger partial charge on any atom is 0.294 e. The number of dihydropyridines is 1. The average molecular weight is 316 g/mol. The first-order valence-electron chi connectivity index (χ1n) is 7.38. The Morgan fingerprint density at radius 3 is 2.83 bits per heavy atom. The highest BCUT2D eigenvalue weighted by atomic mass is 16.5. The third-order valence-corrected chi connectivity index (χ3v) is 3.33. The van der Waals surface area contributed by atoms with Crippen LogP contribution in [-0.2, 0) is 4.74 Å². The summed E-state index contributed by atoms with van der Waals surface area (Å²) in [7, 11) is 0. The van der Waals surface area contributed by atoms with Gasteiger partial charge >= 0.3 is 0 Å². The van der Waals surface area contributed by atoms with Crippen molar-refractivity contribution in [2.45, 2.75) is 32.5 Å². The maximum atomic E-state index is 12.4. The van der Waals surface area contributed by atoms with E-state index in [0.29, 0.717) is 12.3 Å². The van der Waals surface area contributed by atoms with Gasteiger partial charge in [0.1, 0.15) is 6.17 Å². The Hall–Kier alpha value is -2.61. The summed E-state index contributed by atoms with van der Waals surface area (Å²) in [6.07, 6.45) is 10.2. The number of nitrogens with one attached hydrogen (secondary N) is 2. The molecular weight excluding hydrogens is 296 g/mol. The van der Waals surface area contributed by atoms with Crippen LogP contribution in [0, 0.1) is 0 Å². The molecular formula is C15H20N6O2. The molecule has 2 aromatic heterocycles. The molecule has 0 aliphatic carbocycles. The molecule has 23 heavy (non-hydrogen) atoms. The van der Waals surface area contributed by atoms with E-state index in [1.165, 1.54) is 15.6 Å². The molecule has 0 aromatic carbocycles. The quantitative estimate of drug-likeness (QED) is 0.882. The van der Waals surface area contributed by atoms with Gasteiger partial charge in [-0.3, -0.25) is 9.89 Å². The average Bonchev–Trinajstić information content (AvgIpc) is 3.14. The molecule has 1 atom stereocenters. The zero-order valence-corrected chi connectivity index (χ0v) is 13.4. The molecule has 1 aliphatic heterocycles. The Morgan fingerprint density at radius 2 is 2.22 bits per heavy atom. The second-order valence-electron chi connectivity index (χ2n) is 6.27. The van der Waals surface area contributed by atoms with E-state index in [0.717, 1.165) is 5.57 Å². The minimum Gasteiger partial charge on any atom is -0.371 e. The molecule has 2 aromatic rings. The van der Waals surface area contributed by atoms with E-state index in [-0.39, 0.29) is 17.3 Å². The van der Waals surface area contributed by atoms with Crippen molar-refractivity contribution in [3.8, 4) is 5.69 Å². The number of hydrogen-bond acceptors (Lipinski definition) is 5. The van der Waals surface area contributed by atoms with E-state index >= 15 is 0 Å². The van der Waals surface area contributed by atoms with Gasteiger partial charge in [-0.15, -0.1) is 5.10 Å². The van der Waals surface area contributed by atoms with Crippen molar-refractivity contribution in [3.05, 3.63) is 52.9 Å². The molecule has 1 unspecified atom stereocenters. The highest BCUT2D eigenvalue weighted by Crippen LogP contribution is 2.14. The maximum absolute atomic E-state index is 12.4. The lowest BCUT2D eigenvalue weighted by molar-refractivity contribution is 0.0119. The van der Waals surface area contributed by atoms with Crippen LogP contribution in [0.25, 0.3) is 5.69 Å². The Bertz CT molecular complexity index is 776. The monoisotopic (exact) mass is 316 g/mol. The molecule has 3 rings (SSSR count). The van der Waals surface area contributed by atoms with E-state index in [2.05, 4.69) is 20.7 Å². The number of rotatable bonds is 4. The van der Waals surface area contributed by atoms with Crippen LogP contribution in [-0.4, -0.2) is 37.0 Å². The minimum atomic E-state index is -0.279. The van der Waals surface area contributed by atoms with Gasteiger partial charge in [0, 0.05) is 12.4 Å². The van der Waals surface area contributed by atoms with Crippen LogP contribution in [0.15, 0.2) is 47.3 Å². The van der Waals surface area contributed by atoms with Crippen molar-refractivity contribution < 1.29 is 4.74 Å². The minimum absolute atomic E-state index is 0.180. The lowest BCUT2D eigenvalue weighted by Crippen LogP contribution is -2.32. The van der Waals surface area contributed by atoms with Gasteiger partial charge in [-0.05, 0) is 32.4 Å². The summed E-state index contributed by atoms with van der Waals surface area (Å²) in [5.74, 6) is 0. The number of aromatic nitrogens is 5. The van der Waals surface area contributed by atoms with E-state index in [4.69, 9.17) is 4.74 Å². The Labute approximate surface area is 133 Å². The predicted octanol–water partition coefficient (Wildman–Crippen LogP) is 1.11. The molecule has 8 nitrogen and oxygen atoms in total. The normalized spacial score (nSPS) is 17.9. The molecule has 2 N–H and O–H groups in total. The van der Waals surface area contributed by atoms with Gasteiger partial charge < -0.3 is 10.1 Å². The largest absolute Gasteiger partial charge is 0.371 e. The first-order chi connectivity index (χ1) is 10.9. The van der Waals surface area contributed by atoms with Crippen molar-refractivity contribution in [3.63, 3.8) is 0 Å². The summed E-state index contributed by atoms with van der Waals surface area (Å²) >= 11 is 0. The fraction of sp³-hybridized carbons (Fsp3) is 0.400. The number of ether oxygens (including phenoxy) is 1. The Morgan fingerprint density at radius 1 is 1.39 bits per heavy atom. The molecule has 122 valence electrons. The van der Waals surface area contributed by atoms with Gasteiger partial charge in [-0.2, -0.15) is 0 Å². The van der Waals surface area contributed by atoms with Crippen LogP contribution in [0.5, 0.6) is 0 Å². The van der Waals surface area contributed by atoms with E-state index in [1.54, 1.807) is 12.4 Å². The highest BCUT2D eigenvalue weighted by Gasteiger charge is 2.17. The standard InChI is InChI=1S/C15H20N6O2/c1-15(2,3)23-10-11-4-5-13(16-8-11)21-14(22)12(9-18-21)20-7-6-17-19-20/h4-9,13,16,18H,10H2,1-3H3. The molecule has 1 aliphatic rings. The van der Waals surface area contributed by atoms with Gasteiger partial charge in [0.2, 0.25) is 0 Å². The second kappa shape index (κ2) is 5.88. The van der Waals surface area contributed by atoms with Crippen LogP contribution in [0.2, 0.25) is 0 Å². The SMILES string of the molecule is CC(C)(C)OCC1=CNC(n2[nH]cc(-n3ccnn3)c2=O)C=C1. The molecule has 0 bridgehead atoms. The number of aromatic amines is 1. The van der Waals surface area contributed by atoms with Crippen LogP contribution in [0.4, 0.5) is 0 Å². The third kappa shape index (κ3) is 3.42. The van der Waals surface area contributed by atoms with Crippen molar-refractivity contribution >= 4 is 0 Å². The lowest BCUT2D eigenvalue weighted by Gasteiger charge is -2.23. The van der Waals surface area contributed by atoms with Gasteiger partial charge in [-0.1, -0.05) is 11.3 Å². The van der Waals surface area contributed by atoms with E-state index in [1.807, 2.05) is 39.1 Å². The van der Waals surface area contributed by atoms with Crippen LogP contribution in [0.3, 0.4) is 0 Å². The van der Waals surface area contributed by atoms with Crippen molar-refractivity contribution in [2.75, 3.05) is 6.61 Å². The fourth-order valence-electron chi connectivity index (χ4n) is 2.14. The molecule has 0 saturated heterocycles. The number of hydrogen-bond donors (Lipinski definition) is 2. The summed E-state index contributed by atoms with van der Waals surface area (Å²) in [5, 5.41) is 13.7. The van der Waals surface area contributed by atoms with Gasteiger partial charge in [-0.25, -0.2) is 9.36 Å². The molecule has 0 saturated carbocycles. The molecule has 0 radical (unpaired) electrons. The topological polar surface area (TPSA) is 89.8 Å². The van der Waals surface area contributed by atoms with E-state index in [9.17, 15) is 4.79 Å². The number of H-pyrrole nitrogens is 1. The summed E-state index contributed by atoms with van der Waals surface area (Å²) in [5.41, 5.74) is 1.07. The smallest absolute Gasteiger partial charge is 0.294 e. The predicted molar refractivity (Wildman–Crippen MR) is 85.1 cm³/mol. The van der Waals surface area contributed by atoms with Crippen molar-refractivity contribution in [1.29, 1.82) is 0 Å². The second-order valence-corrected chi connectivity index (χ2v) is 6.27. The number of nitrogens with zero attached hydrogens (tertiary/aromatic N) is 4. The summed E-state index contributed by atoms with van der Waals surface area (Å²) in [6, 6.07) is 0. The summed E-state index contributed by atoms with van der Waals surface area (Å²) in [6.45, 7) is 6.56. The first kappa shape index (κ1) is 15.3. The Kier molecular flexibility index (Phi) is 3.91. The van der Waals surface area contributed by atoms with Crippen LogP contribution < -0.4 is 10.9 Å². The lowest BCUT2D eigenvalue weighted by atomic mass is 10.1. The first-order valence-corrected chi connectivity index (χ1v) is 7.38. The van der Waals surface area contributed by atoms with Crippen molar-refractivity contribution in [2.24, 2.45) is 0 Å². The van der Waals surface area contributed by atoms with Crippen molar-refractivity contribution in [1.82, 2.24) is 30.1 Å². The van der Waals surface area contributed by atoms with Gasteiger partial charge in [0.25, 0.3) is 5.56 Å². The Balaban J connectivity index is 1.70. The van der Waals surface area contributed by atoms with Gasteiger partial charge in [0.15, 0.2) is 5.69 Å². The zero-order chi connectivity index (χ0) is 16.4. The third-order valence-electron chi connectivity index (χ3n) is 3.33. The summed E-state index contributed by atoms with van der Waals surface area (Å²) < 4.78 is 8.65. The molecule has 0 fully saturated rings. The van der Waals surface area contributed by atoms with E-state index < -0.39 is 0 Å². The molecule has 0 spiro atoms. The fourth-order valence-corrected chi connectivity index (χ4v) is 2.14. The molecule has 3 heterocycles. The van der Waals surface area contributed by atoms with Gasteiger partial charge in [0.05, 0.1) is 24.6 Å². The van der Waals surface area contributed by atoms with Crippen LogP contribution >= 0.6 is 0 Å².